The zero-order valence-electron chi connectivity index (χ0n) is 10.2. The van der Waals surface area contributed by atoms with E-state index in [4.69, 9.17) is 5.11 Å². The minimum Gasteiger partial charge on any atom is -0.477 e. The molecular weight excluding hydrogens is 268 g/mol. The van der Waals surface area contributed by atoms with Crippen LogP contribution in [0.2, 0.25) is 0 Å². The number of aromatic nitrogens is 3. The zero-order valence-corrected chi connectivity index (χ0v) is 11.0. The van der Waals surface area contributed by atoms with Gasteiger partial charge in [-0.1, -0.05) is 0 Å². The van der Waals surface area contributed by atoms with Gasteiger partial charge in [-0.15, -0.1) is 11.3 Å². The fraction of sp³-hybridized carbons (Fsp3) is 0.273. The first-order chi connectivity index (χ1) is 9.08. The second-order valence-electron chi connectivity index (χ2n) is 3.88. The molecule has 2 N–H and O–H groups in total. The summed E-state index contributed by atoms with van der Waals surface area (Å²) >= 11 is 1.10. The Balaban J connectivity index is 1.99. The maximum Gasteiger partial charge on any atom is 0.348 e. The minimum atomic E-state index is -1.04. The lowest BCUT2D eigenvalue weighted by Gasteiger charge is -2.06. The molecule has 0 spiro atoms. The molecule has 2 heterocycles. The van der Waals surface area contributed by atoms with Crippen molar-refractivity contribution in [3.8, 4) is 0 Å². The molecule has 100 valence electrons. The molecule has 0 unspecified atom stereocenters. The molecule has 0 aromatic carbocycles. The second kappa shape index (κ2) is 5.61. The summed E-state index contributed by atoms with van der Waals surface area (Å²) in [6.45, 7) is 2.16. The number of aromatic carboxylic acids is 1. The quantitative estimate of drug-likeness (QED) is 0.862. The van der Waals surface area contributed by atoms with Gasteiger partial charge in [0.25, 0.3) is 0 Å². The third kappa shape index (κ3) is 3.16. The number of carbonyl (C=O) groups is 2. The van der Waals surface area contributed by atoms with E-state index < -0.39 is 5.97 Å². The summed E-state index contributed by atoms with van der Waals surface area (Å²) in [4.78, 5) is 26.7. The zero-order chi connectivity index (χ0) is 13.8. The SMILES string of the molecule is Cc1csc(C(=O)O)c1NC(=O)CCn1cncn1. The average molecular weight is 280 g/mol. The first-order valence-corrected chi connectivity index (χ1v) is 6.39. The summed E-state index contributed by atoms with van der Waals surface area (Å²) in [6.07, 6.45) is 3.12. The predicted molar refractivity (Wildman–Crippen MR) is 69.3 cm³/mol. The molecule has 7 nitrogen and oxygen atoms in total. The molecule has 2 aromatic heterocycles. The highest BCUT2D eigenvalue weighted by atomic mass is 32.1. The standard InChI is InChI=1S/C11H12N4O3S/c1-7-4-19-10(11(17)18)9(7)14-8(16)2-3-15-6-12-5-13-15/h4-6H,2-3H2,1H3,(H,14,16)(H,17,18). The molecule has 19 heavy (non-hydrogen) atoms. The van der Waals surface area contributed by atoms with Crippen LogP contribution in [-0.2, 0) is 11.3 Å². The van der Waals surface area contributed by atoms with E-state index in [1.165, 1.54) is 17.3 Å². The minimum absolute atomic E-state index is 0.145. The molecule has 8 heteroatoms. The smallest absolute Gasteiger partial charge is 0.348 e. The van der Waals surface area contributed by atoms with Gasteiger partial charge in [-0.3, -0.25) is 9.48 Å². The number of thiophene rings is 1. The van der Waals surface area contributed by atoms with Gasteiger partial charge in [0.05, 0.1) is 12.2 Å². The average Bonchev–Trinajstić information content (AvgIpc) is 2.98. The van der Waals surface area contributed by atoms with Crippen molar-refractivity contribution in [2.75, 3.05) is 5.32 Å². The van der Waals surface area contributed by atoms with Gasteiger partial charge in [0.1, 0.15) is 17.5 Å². The van der Waals surface area contributed by atoms with Crippen molar-refractivity contribution in [1.29, 1.82) is 0 Å². The highest BCUT2D eigenvalue weighted by Crippen LogP contribution is 2.27. The Morgan fingerprint density at radius 3 is 2.95 bits per heavy atom. The number of anilines is 1. The fourth-order valence-corrected chi connectivity index (χ4v) is 2.37. The molecule has 2 aromatic rings. The van der Waals surface area contributed by atoms with E-state index in [1.54, 1.807) is 12.3 Å². The predicted octanol–water partition coefficient (Wildman–Crippen LogP) is 1.38. The van der Waals surface area contributed by atoms with E-state index >= 15 is 0 Å². The van der Waals surface area contributed by atoms with Crippen molar-refractivity contribution in [2.24, 2.45) is 0 Å². The van der Waals surface area contributed by atoms with Crippen LogP contribution >= 0.6 is 11.3 Å². The van der Waals surface area contributed by atoms with Gasteiger partial charge in [0.2, 0.25) is 5.91 Å². The van der Waals surface area contributed by atoms with Crippen LogP contribution in [0.1, 0.15) is 21.7 Å². The number of carboxylic acids is 1. The van der Waals surface area contributed by atoms with Gasteiger partial charge in [0, 0.05) is 6.42 Å². The largest absolute Gasteiger partial charge is 0.477 e. The Labute approximate surface area is 112 Å². The number of carbonyl (C=O) groups excluding carboxylic acids is 1. The topological polar surface area (TPSA) is 97.1 Å². The van der Waals surface area contributed by atoms with Crippen molar-refractivity contribution in [3.05, 3.63) is 28.5 Å². The summed E-state index contributed by atoms with van der Waals surface area (Å²) in [5.41, 5.74) is 1.12. The molecule has 1 amide bonds. The fourth-order valence-electron chi connectivity index (χ4n) is 1.52. The first kappa shape index (κ1) is 13.2. The van der Waals surface area contributed by atoms with Gasteiger partial charge < -0.3 is 10.4 Å². The molecule has 0 fully saturated rings. The van der Waals surface area contributed by atoms with E-state index in [9.17, 15) is 9.59 Å². The van der Waals surface area contributed by atoms with Gasteiger partial charge >= 0.3 is 5.97 Å². The van der Waals surface area contributed by atoms with E-state index in [0.717, 1.165) is 16.9 Å². The van der Waals surface area contributed by atoms with Crippen LogP contribution in [0.3, 0.4) is 0 Å². The molecule has 0 aliphatic carbocycles. The number of amides is 1. The summed E-state index contributed by atoms with van der Waals surface area (Å²) in [6, 6.07) is 0. The summed E-state index contributed by atoms with van der Waals surface area (Å²) in [5, 5.41) is 17.2. The van der Waals surface area contributed by atoms with E-state index in [1.807, 2.05) is 0 Å². The Morgan fingerprint density at radius 2 is 2.32 bits per heavy atom. The van der Waals surface area contributed by atoms with Crippen molar-refractivity contribution < 1.29 is 14.7 Å². The van der Waals surface area contributed by atoms with E-state index in [2.05, 4.69) is 15.4 Å². The number of rotatable bonds is 5. The lowest BCUT2D eigenvalue weighted by atomic mass is 10.2. The second-order valence-corrected chi connectivity index (χ2v) is 4.76. The van der Waals surface area contributed by atoms with Crippen LogP contribution in [0.4, 0.5) is 5.69 Å². The molecule has 0 radical (unpaired) electrons. The van der Waals surface area contributed by atoms with E-state index in [-0.39, 0.29) is 17.2 Å². The maximum absolute atomic E-state index is 11.8. The monoisotopic (exact) mass is 280 g/mol. The van der Waals surface area contributed by atoms with Crippen LogP contribution in [0.5, 0.6) is 0 Å². The Bertz CT molecular complexity index is 591. The normalized spacial score (nSPS) is 10.4. The Kier molecular flexibility index (Phi) is 3.91. The molecule has 0 saturated heterocycles. The number of nitrogens with one attached hydrogen (secondary N) is 1. The molecule has 2 rings (SSSR count). The van der Waals surface area contributed by atoms with Crippen molar-refractivity contribution in [3.63, 3.8) is 0 Å². The molecule has 0 atom stereocenters. The summed E-state index contributed by atoms with van der Waals surface area (Å²) < 4.78 is 1.54. The number of carboxylic acid groups (broad SMARTS) is 1. The van der Waals surface area contributed by atoms with Crippen LogP contribution in [0, 0.1) is 6.92 Å². The third-order valence-corrected chi connectivity index (χ3v) is 3.55. The van der Waals surface area contributed by atoms with Crippen LogP contribution in [0.25, 0.3) is 0 Å². The first-order valence-electron chi connectivity index (χ1n) is 5.51. The number of hydrogen-bond acceptors (Lipinski definition) is 5. The van der Waals surface area contributed by atoms with Crippen molar-refractivity contribution in [1.82, 2.24) is 14.8 Å². The Morgan fingerprint density at radius 1 is 1.53 bits per heavy atom. The van der Waals surface area contributed by atoms with Gasteiger partial charge in [-0.05, 0) is 17.9 Å². The number of aryl methyl sites for hydroxylation is 2. The van der Waals surface area contributed by atoms with Gasteiger partial charge in [0.15, 0.2) is 0 Å². The third-order valence-electron chi connectivity index (χ3n) is 2.47. The van der Waals surface area contributed by atoms with Gasteiger partial charge in [-0.2, -0.15) is 5.10 Å². The van der Waals surface area contributed by atoms with Crippen LogP contribution in [-0.4, -0.2) is 31.7 Å². The molecule has 0 aliphatic heterocycles. The maximum atomic E-state index is 11.8. The van der Waals surface area contributed by atoms with E-state index in [0.29, 0.717) is 12.2 Å². The summed E-state index contributed by atoms with van der Waals surface area (Å²) in [5.74, 6) is -1.29. The number of hydrogen-bond donors (Lipinski definition) is 2. The van der Waals surface area contributed by atoms with Crippen molar-refractivity contribution >= 4 is 28.9 Å². The highest BCUT2D eigenvalue weighted by Gasteiger charge is 2.17. The van der Waals surface area contributed by atoms with Gasteiger partial charge in [-0.25, -0.2) is 9.78 Å². The lowest BCUT2D eigenvalue weighted by Crippen LogP contribution is -2.16. The molecule has 0 bridgehead atoms. The van der Waals surface area contributed by atoms with Crippen molar-refractivity contribution in [2.45, 2.75) is 19.9 Å². The van der Waals surface area contributed by atoms with Crippen LogP contribution < -0.4 is 5.32 Å². The Hall–Kier alpha value is -2.22. The molecular formula is C11H12N4O3S. The van der Waals surface area contributed by atoms with Crippen LogP contribution in [0.15, 0.2) is 18.0 Å². The highest BCUT2D eigenvalue weighted by molar-refractivity contribution is 7.12. The lowest BCUT2D eigenvalue weighted by molar-refractivity contribution is -0.116. The molecule has 0 aliphatic rings. The number of nitrogens with zero attached hydrogens (tertiary/aromatic N) is 3. The summed E-state index contributed by atoms with van der Waals surface area (Å²) in [7, 11) is 0. The molecule has 0 saturated carbocycles.